The van der Waals surface area contributed by atoms with E-state index < -0.39 is 56.3 Å². The van der Waals surface area contributed by atoms with Crippen LogP contribution < -0.4 is 9.20 Å². The molecular weight excluding hydrogens is 497 g/mol. The molecule has 2 aromatic rings. The molecule has 0 saturated carbocycles. The van der Waals surface area contributed by atoms with E-state index in [1.807, 2.05) is 30.3 Å². The molecule has 0 amide bonds. The molecule has 1 fully saturated rings. The van der Waals surface area contributed by atoms with Gasteiger partial charge in [-0.15, -0.1) is 0 Å². The summed E-state index contributed by atoms with van der Waals surface area (Å²) in [5.74, 6) is -1.25. The summed E-state index contributed by atoms with van der Waals surface area (Å²) in [6.07, 6.45) is -3.75. The van der Waals surface area contributed by atoms with Crippen molar-refractivity contribution >= 4 is 31.4 Å². The van der Waals surface area contributed by atoms with E-state index in [-0.39, 0.29) is 6.61 Å². The van der Waals surface area contributed by atoms with Gasteiger partial charge in [-0.2, -0.15) is 0 Å². The van der Waals surface area contributed by atoms with Crippen LogP contribution in [0.2, 0.25) is 0 Å². The van der Waals surface area contributed by atoms with Crippen LogP contribution in [0.5, 0.6) is 5.75 Å². The van der Waals surface area contributed by atoms with Gasteiger partial charge in [-0.25, -0.2) is 0 Å². The number of nitrogens with zero attached hydrogens (tertiary/aromatic N) is 3. The molecule has 0 spiro atoms. The number of carbonyl (C=O) groups is 2. The summed E-state index contributed by atoms with van der Waals surface area (Å²) in [5.41, 5.74) is 9.92. The zero-order chi connectivity index (χ0) is 23.8. The number of carbonyl (C=O) groups excluding carboxylic acids is 1. The van der Waals surface area contributed by atoms with E-state index in [4.69, 9.17) is 18.9 Å². The number of carboxylic acids is 1. The number of hydrogen-bond acceptors (Lipinski definition) is 7. The second kappa shape index (κ2) is 11.7. The molecule has 1 aliphatic heterocycles. The summed E-state index contributed by atoms with van der Waals surface area (Å²) in [4.78, 5) is 26.9. The van der Waals surface area contributed by atoms with Gasteiger partial charge in [0.1, 0.15) is 0 Å². The summed E-state index contributed by atoms with van der Waals surface area (Å²) in [6, 6.07) is 15.4. The Bertz CT molecular complexity index is 999. The Hall–Kier alpha value is -3.07. The third-order valence-electron chi connectivity index (χ3n) is 4.85. The first-order valence-electron chi connectivity index (χ1n) is 9.99. The van der Waals surface area contributed by atoms with Crippen LogP contribution in [0, 0.1) is 0 Å². The number of rotatable bonds is 9. The number of carboxylic acid groups (broad SMARTS) is 1. The molecule has 1 aliphatic rings. The second-order valence-electron chi connectivity index (χ2n) is 7.09. The number of ether oxygens (including phenoxy) is 4. The Morgan fingerprint density at radius 1 is 1.15 bits per heavy atom. The minimum atomic E-state index is -1.42. The van der Waals surface area contributed by atoms with Crippen LogP contribution in [0.3, 0.4) is 0 Å². The molecule has 3 rings (SSSR count). The topological polar surface area (TPSA) is 140 Å². The number of methoxy groups -OCH3 is 1. The first kappa shape index (κ1) is 24.6. The standard InChI is InChI=1S/C22H23N3O7Se/c1-13(26)31-18-17(24-25-23)22(33-16-6-4-3-5-7-16)32-20(21(27)28)19(18)30-12-14-8-10-15(29-2)11-9-14/h3-11,17-20,22H,12H2,1-2H3,(H,27,28)/t17-,18-,19-,20+,22-/m1/s1. The van der Waals surface area contributed by atoms with E-state index in [1.54, 1.807) is 31.4 Å². The Balaban J connectivity index is 1.90. The number of esters is 1. The van der Waals surface area contributed by atoms with Gasteiger partial charge in [-0.05, 0) is 0 Å². The van der Waals surface area contributed by atoms with Gasteiger partial charge < -0.3 is 0 Å². The number of benzene rings is 2. The van der Waals surface area contributed by atoms with Gasteiger partial charge in [0.15, 0.2) is 0 Å². The summed E-state index contributed by atoms with van der Waals surface area (Å²) in [6.45, 7) is 1.23. The fraction of sp³-hybridized carbons (Fsp3) is 0.364. The van der Waals surface area contributed by atoms with Crippen LogP contribution in [-0.2, 0) is 30.4 Å². The molecule has 1 N–H and O–H groups in total. The number of azide groups is 1. The van der Waals surface area contributed by atoms with Crippen LogP contribution in [0.1, 0.15) is 12.5 Å². The second-order valence-corrected chi connectivity index (χ2v) is 9.55. The van der Waals surface area contributed by atoms with E-state index in [1.165, 1.54) is 6.92 Å². The van der Waals surface area contributed by atoms with E-state index in [2.05, 4.69) is 10.0 Å². The van der Waals surface area contributed by atoms with Crippen LogP contribution in [-0.4, -0.2) is 68.5 Å². The van der Waals surface area contributed by atoms with E-state index in [0.717, 1.165) is 10.0 Å². The maximum absolute atomic E-state index is 12.1. The van der Waals surface area contributed by atoms with Crippen molar-refractivity contribution < 1.29 is 33.6 Å². The average Bonchev–Trinajstić information content (AvgIpc) is 2.80. The quantitative estimate of drug-likeness (QED) is 0.175. The maximum atomic E-state index is 12.1. The van der Waals surface area contributed by atoms with E-state index in [0.29, 0.717) is 5.75 Å². The zero-order valence-electron chi connectivity index (χ0n) is 17.9. The van der Waals surface area contributed by atoms with Crippen molar-refractivity contribution in [1.29, 1.82) is 0 Å². The summed E-state index contributed by atoms with van der Waals surface area (Å²) in [7, 11) is 1.55. The fourth-order valence-corrected chi connectivity index (χ4v) is 5.68. The van der Waals surface area contributed by atoms with Crippen LogP contribution >= 0.6 is 0 Å². The molecule has 1 saturated heterocycles. The fourth-order valence-electron chi connectivity index (χ4n) is 3.36. The molecule has 2 aromatic carbocycles. The summed E-state index contributed by atoms with van der Waals surface area (Å²) >= 11 is -0.423. The van der Waals surface area contributed by atoms with E-state index >= 15 is 0 Å². The van der Waals surface area contributed by atoms with E-state index in [9.17, 15) is 20.2 Å². The van der Waals surface area contributed by atoms with Crippen LogP contribution in [0.15, 0.2) is 59.7 Å². The van der Waals surface area contributed by atoms with Gasteiger partial charge in [0, 0.05) is 0 Å². The Morgan fingerprint density at radius 3 is 2.42 bits per heavy atom. The first-order valence-corrected chi connectivity index (χ1v) is 11.8. The van der Waals surface area contributed by atoms with Gasteiger partial charge >= 0.3 is 196 Å². The van der Waals surface area contributed by atoms with Crippen molar-refractivity contribution in [3.05, 3.63) is 70.6 Å². The molecule has 0 radical (unpaired) electrons. The predicted molar refractivity (Wildman–Crippen MR) is 118 cm³/mol. The van der Waals surface area contributed by atoms with Crippen molar-refractivity contribution in [2.75, 3.05) is 7.11 Å². The van der Waals surface area contributed by atoms with Crippen LogP contribution in [0.4, 0.5) is 0 Å². The summed E-state index contributed by atoms with van der Waals surface area (Å²) in [5, 5.41) is 12.9. The number of aliphatic carboxylic acids is 1. The molecule has 0 aliphatic carbocycles. The Morgan fingerprint density at radius 2 is 1.85 bits per heavy atom. The molecule has 10 nitrogen and oxygen atoms in total. The molecule has 11 heteroatoms. The van der Waals surface area contributed by atoms with Gasteiger partial charge in [0.2, 0.25) is 0 Å². The monoisotopic (exact) mass is 521 g/mol. The normalized spacial score (nSPS) is 24.4. The van der Waals surface area contributed by atoms with Crippen molar-refractivity contribution in [3.8, 4) is 5.75 Å². The molecule has 1 heterocycles. The van der Waals surface area contributed by atoms with Crippen molar-refractivity contribution in [2.24, 2.45) is 5.11 Å². The van der Waals surface area contributed by atoms with Gasteiger partial charge in [-0.1, -0.05) is 0 Å². The number of hydrogen-bond donors (Lipinski definition) is 1. The molecule has 174 valence electrons. The molecule has 33 heavy (non-hydrogen) atoms. The van der Waals surface area contributed by atoms with Crippen LogP contribution in [0.25, 0.3) is 10.4 Å². The zero-order valence-corrected chi connectivity index (χ0v) is 19.6. The Kier molecular flexibility index (Phi) is 8.71. The van der Waals surface area contributed by atoms with Crippen molar-refractivity contribution in [2.45, 2.75) is 42.9 Å². The molecule has 0 bridgehead atoms. The summed E-state index contributed by atoms with van der Waals surface area (Å²) < 4.78 is 23.3. The minimum absolute atomic E-state index is 0.0248. The average molecular weight is 520 g/mol. The third kappa shape index (κ3) is 6.47. The third-order valence-corrected chi connectivity index (χ3v) is 7.29. The van der Waals surface area contributed by atoms with Crippen molar-refractivity contribution in [1.82, 2.24) is 0 Å². The predicted octanol–water partition coefficient (Wildman–Crippen LogP) is 2.03. The van der Waals surface area contributed by atoms with Gasteiger partial charge in [-0.3, -0.25) is 0 Å². The first-order chi connectivity index (χ1) is 15.9. The molecule has 0 unspecified atom stereocenters. The molecular formula is C22H23N3O7Se. The molecule has 5 atom stereocenters. The van der Waals surface area contributed by atoms with Gasteiger partial charge in [0.25, 0.3) is 0 Å². The van der Waals surface area contributed by atoms with Gasteiger partial charge in [0.05, 0.1) is 0 Å². The SMILES string of the molecule is COc1ccc(CO[C@@H]2[C@H](OC(C)=O)[C@@H](N=[N+]=[N-])[C@@H]([Se]c3ccccc3)O[C@@H]2C(=O)O)cc1. The Labute approximate surface area is 196 Å². The van der Waals surface area contributed by atoms with Crippen molar-refractivity contribution in [3.63, 3.8) is 0 Å². The molecule has 0 aromatic heterocycles.